The topological polar surface area (TPSA) is 92.8 Å². The minimum atomic E-state index is -0.308. The first kappa shape index (κ1) is 27.3. The molecule has 0 radical (unpaired) electrons. The molecule has 1 fully saturated rings. The first-order valence-electron chi connectivity index (χ1n) is 13.5. The van der Waals surface area contributed by atoms with E-state index < -0.39 is 0 Å². The van der Waals surface area contributed by atoms with Gasteiger partial charge >= 0.3 is 5.97 Å². The van der Waals surface area contributed by atoms with Gasteiger partial charge in [-0.25, -0.2) is 0 Å². The molecule has 3 aromatic carbocycles. The number of nitrogens with zero attached hydrogens (tertiary/aromatic N) is 2. The van der Waals surface area contributed by atoms with Crippen LogP contribution < -0.4 is 10.6 Å². The van der Waals surface area contributed by atoms with E-state index in [-0.39, 0.29) is 24.9 Å². The Morgan fingerprint density at radius 1 is 0.950 bits per heavy atom. The van der Waals surface area contributed by atoms with Crippen molar-refractivity contribution in [2.45, 2.75) is 25.4 Å². The largest absolute Gasteiger partial charge is 0.463 e. The Labute approximate surface area is 234 Å². The Balaban J connectivity index is 1.11. The Kier molecular flexibility index (Phi) is 9.00. The van der Waals surface area contributed by atoms with Crippen LogP contribution in [0.15, 0.2) is 85.2 Å². The third kappa shape index (κ3) is 7.43. The van der Waals surface area contributed by atoms with E-state index >= 15 is 0 Å². The van der Waals surface area contributed by atoms with Crippen molar-refractivity contribution in [1.82, 2.24) is 9.88 Å². The highest BCUT2D eigenvalue weighted by molar-refractivity contribution is 6.04. The van der Waals surface area contributed by atoms with E-state index in [0.29, 0.717) is 23.9 Å². The molecule has 8 heteroatoms. The summed E-state index contributed by atoms with van der Waals surface area (Å²) in [5.74, 6) is -0.474. The molecule has 0 spiro atoms. The second-order valence-corrected chi connectivity index (χ2v) is 10.0. The number of nitrogens with one attached hydrogen (secondary N) is 2. The van der Waals surface area contributed by atoms with Crippen molar-refractivity contribution in [3.05, 3.63) is 102 Å². The summed E-state index contributed by atoms with van der Waals surface area (Å²) in [6.45, 7) is 3.34. The van der Waals surface area contributed by atoms with Gasteiger partial charge in [-0.1, -0.05) is 30.3 Å². The van der Waals surface area contributed by atoms with Crippen molar-refractivity contribution < 1.29 is 19.1 Å². The lowest BCUT2D eigenvalue weighted by Gasteiger charge is -2.18. The Bertz CT molecular complexity index is 1460. The van der Waals surface area contributed by atoms with Crippen molar-refractivity contribution in [3.8, 4) is 0 Å². The van der Waals surface area contributed by atoms with Gasteiger partial charge in [-0.05, 0) is 65.4 Å². The third-order valence-corrected chi connectivity index (χ3v) is 6.99. The fraction of sp³-hybridized carbons (Fsp3) is 0.281. The molecule has 0 bridgehead atoms. The van der Waals surface area contributed by atoms with Crippen LogP contribution in [0.5, 0.6) is 0 Å². The molecule has 1 atom stereocenters. The van der Waals surface area contributed by atoms with Crippen molar-refractivity contribution in [2.75, 3.05) is 44.0 Å². The molecule has 1 aliphatic heterocycles. The number of pyridine rings is 1. The molecule has 1 aromatic heterocycles. The van der Waals surface area contributed by atoms with E-state index in [0.717, 1.165) is 48.3 Å². The maximum absolute atomic E-state index is 12.9. The van der Waals surface area contributed by atoms with Gasteiger partial charge in [0.15, 0.2) is 0 Å². The molecule has 0 saturated carbocycles. The van der Waals surface area contributed by atoms with Gasteiger partial charge in [0, 0.05) is 67.5 Å². The zero-order valence-electron chi connectivity index (χ0n) is 22.6. The lowest BCUT2D eigenvalue weighted by atomic mass is 10.1. The number of rotatable bonds is 11. The maximum atomic E-state index is 12.9. The number of benzene rings is 3. The first-order valence-corrected chi connectivity index (χ1v) is 13.5. The van der Waals surface area contributed by atoms with Crippen molar-refractivity contribution in [3.63, 3.8) is 0 Å². The normalized spacial score (nSPS) is 15.2. The van der Waals surface area contributed by atoms with Gasteiger partial charge in [0.2, 0.25) is 0 Å². The molecule has 2 heterocycles. The average Bonchev–Trinajstić information content (AvgIpc) is 3.40. The summed E-state index contributed by atoms with van der Waals surface area (Å²) in [4.78, 5) is 31.4. The van der Waals surface area contributed by atoms with Gasteiger partial charge in [0.05, 0.1) is 13.0 Å². The number of hydrogen-bond donors (Lipinski definition) is 2. The van der Waals surface area contributed by atoms with Crippen LogP contribution in [-0.4, -0.2) is 61.2 Å². The molecule has 1 saturated heterocycles. The summed E-state index contributed by atoms with van der Waals surface area (Å²) in [5.41, 5.74) is 4.33. The summed E-state index contributed by atoms with van der Waals surface area (Å²) in [6.07, 6.45) is 4.94. The highest BCUT2D eigenvalue weighted by atomic mass is 16.6. The molecule has 206 valence electrons. The van der Waals surface area contributed by atoms with E-state index in [1.54, 1.807) is 19.2 Å². The summed E-state index contributed by atoms with van der Waals surface area (Å²) in [6, 6.07) is 23.8. The monoisotopic (exact) mass is 538 g/mol. The van der Waals surface area contributed by atoms with Crippen LogP contribution in [0.4, 0.5) is 11.4 Å². The van der Waals surface area contributed by atoms with Crippen LogP contribution >= 0.6 is 0 Å². The highest BCUT2D eigenvalue weighted by Crippen LogP contribution is 2.22. The number of anilines is 2. The number of amides is 1. The molecule has 1 aliphatic rings. The van der Waals surface area contributed by atoms with Crippen LogP contribution in [0, 0.1) is 0 Å². The summed E-state index contributed by atoms with van der Waals surface area (Å²) in [7, 11) is 1.56. The third-order valence-electron chi connectivity index (χ3n) is 6.99. The van der Waals surface area contributed by atoms with Crippen molar-refractivity contribution in [1.29, 1.82) is 0 Å². The molecule has 4 aromatic rings. The second-order valence-electron chi connectivity index (χ2n) is 10.0. The van der Waals surface area contributed by atoms with Gasteiger partial charge in [0.1, 0.15) is 6.61 Å². The number of carbonyl (C=O) groups is 2. The smallest absolute Gasteiger partial charge is 0.310 e. The van der Waals surface area contributed by atoms with Crippen LogP contribution in [0.1, 0.15) is 27.9 Å². The lowest BCUT2D eigenvalue weighted by molar-refractivity contribution is -0.144. The SMILES string of the molecule is COCCOC(=O)Cc1ccc(NC(=O)c2cccc(CN3CCC(Nc4ccc5cnccc5c4)C3)c2)cc1. The Morgan fingerprint density at radius 3 is 2.65 bits per heavy atom. The fourth-order valence-electron chi connectivity index (χ4n) is 4.94. The van der Waals surface area contributed by atoms with Crippen molar-refractivity contribution in [2.24, 2.45) is 0 Å². The van der Waals surface area contributed by atoms with E-state index in [1.165, 1.54) is 5.39 Å². The number of carbonyl (C=O) groups excluding carboxylic acids is 2. The predicted octanol–water partition coefficient (Wildman–Crippen LogP) is 4.91. The second kappa shape index (κ2) is 13.2. The Hall–Kier alpha value is -4.27. The molecule has 1 amide bonds. The van der Waals surface area contributed by atoms with Crippen LogP contribution in [0.25, 0.3) is 10.8 Å². The standard InChI is InChI=1S/C32H34N4O4/c1-39-15-16-40-31(37)18-23-5-8-28(9-6-23)35-32(38)26-4-2-3-24(17-26)21-36-14-12-30(22-36)34-29-10-7-27-20-33-13-11-25(27)19-29/h2-11,13,17,19-20,30,34H,12,14-16,18,21-22H2,1H3,(H,35,38). The minimum Gasteiger partial charge on any atom is -0.463 e. The molecule has 5 rings (SSSR count). The number of ether oxygens (including phenoxy) is 2. The number of methoxy groups -OCH3 is 1. The summed E-state index contributed by atoms with van der Waals surface area (Å²) >= 11 is 0. The summed E-state index contributed by atoms with van der Waals surface area (Å²) < 4.78 is 9.98. The predicted molar refractivity (Wildman–Crippen MR) is 156 cm³/mol. The van der Waals surface area contributed by atoms with Crippen LogP contribution in [0.3, 0.4) is 0 Å². The van der Waals surface area contributed by atoms with Gasteiger partial charge in [-0.15, -0.1) is 0 Å². The number of fused-ring (bicyclic) bond motifs is 1. The van der Waals surface area contributed by atoms with E-state index in [4.69, 9.17) is 9.47 Å². The van der Waals surface area contributed by atoms with Gasteiger partial charge in [0.25, 0.3) is 5.91 Å². The molecule has 0 aliphatic carbocycles. The summed E-state index contributed by atoms with van der Waals surface area (Å²) in [5, 5.41) is 8.94. The fourth-order valence-corrected chi connectivity index (χ4v) is 4.94. The number of likely N-dealkylation sites (tertiary alicyclic amines) is 1. The quantitative estimate of drug-likeness (QED) is 0.207. The van der Waals surface area contributed by atoms with E-state index in [9.17, 15) is 9.59 Å². The molecule has 1 unspecified atom stereocenters. The molecular weight excluding hydrogens is 504 g/mol. The van der Waals surface area contributed by atoms with E-state index in [1.807, 2.05) is 48.8 Å². The molecular formula is C32H34N4O4. The molecule has 8 nitrogen and oxygen atoms in total. The molecule has 40 heavy (non-hydrogen) atoms. The number of esters is 1. The zero-order valence-corrected chi connectivity index (χ0v) is 22.6. The highest BCUT2D eigenvalue weighted by Gasteiger charge is 2.22. The minimum absolute atomic E-state index is 0.166. The van der Waals surface area contributed by atoms with Crippen molar-refractivity contribution >= 4 is 34.0 Å². The first-order chi connectivity index (χ1) is 19.6. The number of hydrogen-bond acceptors (Lipinski definition) is 7. The van der Waals surface area contributed by atoms with Gasteiger partial charge in [-0.3, -0.25) is 19.5 Å². The average molecular weight is 539 g/mol. The Morgan fingerprint density at radius 2 is 1.80 bits per heavy atom. The van der Waals surface area contributed by atoms with Crippen LogP contribution in [0.2, 0.25) is 0 Å². The maximum Gasteiger partial charge on any atom is 0.310 e. The van der Waals surface area contributed by atoms with Crippen LogP contribution in [-0.2, 0) is 27.2 Å². The number of aromatic nitrogens is 1. The zero-order chi connectivity index (χ0) is 27.7. The van der Waals surface area contributed by atoms with Gasteiger partial charge < -0.3 is 20.1 Å². The lowest BCUT2D eigenvalue weighted by Crippen LogP contribution is -2.26. The van der Waals surface area contributed by atoms with E-state index in [2.05, 4.69) is 44.8 Å². The van der Waals surface area contributed by atoms with Gasteiger partial charge in [-0.2, -0.15) is 0 Å². The molecule has 2 N–H and O–H groups in total.